The highest BCUT2D eigenvalue weighted by Crippen LogP contribution is 2.25. The first-order valence-electron chi connectivity index (χ1n) is 6.11. The number of thiol groups is 1. The Balaban J connectivity index is 2.16. The highest BCUT2D eigenvalue weighted by Gasteiger charge is 2.15. The molecule has 3 nitrogen and oxygen atoms in total. The van der Waals surface area contributed by atoms with Gasteiger partial charge in [-0.15, -0.1) is 12.6 Å². The van der Waals surface area contributed by atoms with Crippen molar-refractivity contribution in [1.82, 2.24) is 0 Å². The van der Waals surface area contributed by atoms with E-state index in [1.165, 1.54) is 32.1 Å². The van der Waals surface area contributed by atoms with Crippen molar-refractivity contribution in [3.63, 3.8) is 0 Å². The van der Waals surface area contributed by atoms with Gasteiger partial charge < -0.3 is 11.1 Å². The fourth-order valence-corrected chi connectivity index (χ4v) is 2.55. The molecule has 2 rings (SSSR count). The van der Waals surface area contributed by atoms with Gasteiger partial charge >= 0.3 is 0 Å². The zero-order valence-corrected chi connectivity index (χ0v) is 10.8. The summed E-state index contributed by atoms with van der Waals surface area (Å²) in [5.41, 5.74) is 7.31. The van der Waals surface area contributed by atoms with Gasteiger partial charge in [0, 0.05) is 22.2 Å². The molecule has 0 unspecified atom stereocenters. The summed E-state index contributed by atoms with van der Waals surface area (Å²) in [7, 11) is 0. The van der Waals surface area contributed by atoms with E-state index in [2.05, 4.69) is 17.9 Å². The van der Waals surface area contributed by atoms with E-state index in [9.17, 15) is 0 Å². The molecule has 4 N–H and O–H groups in total. The van der Waals surface area contributed by atoms with Crippen molar-refractivity contribution in [1.29, 1.82) is 5.41 Å². The fraction of sp³-hybridized carbons (Fsp3) is 0.462. The largest absolute Gasteiger partial charge is 0.384 e. The molecule has 0 saturated heterocycles. The Labute approximate surface area is 108 Å². The second kappa shape index (κ2) is 5.45. The van der Waals surface area contributed by atoms with Gasteiger partial charge in [-0.05, 0) is 31.0 Å². The fourth-order valence-electron chi connectivity index (χ4n) is 2.35. The Morgan fingerprint density at radius 1 is 1.29 bits per heavy atom. The molecular weight excluding hydrogens is 230 g/mol. The van der Waals surface area contributed by atoms with Crippen LogP contribution in [0.3, 0.4) is 0 Å². The summed E-state index contributed by atoms with van der Waals surface area (Å²) in [5.74, 6) is 0.0965. The maximum Gasteiger partial charge on any atom is 0.124 e. The topological polar surface area (TPSA) is 61.9 Å². The minimum Gasteiger partial charge on any atom is -0.384 e. The van der Waals surface area contributed by atoms with Crippen molar-refractivity contribution in [2.24, 2.45) is 5.73 Å². The highest BCUT2D eigenvalue weighted by molar-refractivity contribution is 7.80. The van der Waals surface area contributed by atoms with E-state index in [0.29, 0.717) is 6.04 Å². The maximum absolute atomic E-state index is 7.59. The minimum absolute atomic E-state index is 0.0965. The average Bonchev–Trinajstić information content (AvgIpc) is 2.32. The van der Waals surface area contributed by atoms with Crippen molar-refractivity contribution in [2.45, 2.75) is 43.0 Å². The van der Waals surface area contributed by atoms with Crippen LogP contribution >= 0.6 is 12.6 Å². The number of rotatable bonds is 3. The highest BCUT2D eigenvalue weighted by atomic mass is 32.1. The number of nitrogen functional groups attached to an aromatic ring is 1. The van der Waals surface area contributed by atoms with Crippen LogP contribution in [0.2, 0.25) is 0 Å². The summed E-state index contributed by atoms with van der Waals surface area (Å²) in [6, 6.07) is 6.26. The monoisotopic (exact) mass is 249 g/mol. The third-order valence-corrected chi connectivity index (χ3v) is 3.54. The lowest BCUT2D eigenvalue weighted by Gasteiger charge is -2.25. The molecule has 1 aliphatic rings. The number of nitrogens with one attached hydrogen (secondary N) is 2. The molecule has 0 spiro atoms. The van der Waals surface area contributed by atoms with Crippen LogP contribution in [0.4, 0.5) is 5.69 Å². The van der Waals surface area contributed by atoms with Crippen LogP contribution < -0.4 is 11.1 Å². The maximum atomic E-state index is 7.59. The van der Waals surface area contributed by atoms with Crippen LogP contribution in [0.15, 0.2) is 23.1 Å². The van der Waals surface area contributed by atoms with Gasteiger partial charge in [-0.2, -0.15) is 0 Å². The van der Waals surface area contributed by atoms with Gasteiger partial charge in [0.1, 0.15) is 5.84 Å². The molecule has 17 heavy (non-hydrogen) atoms. The van der Waals surface area contributed by atoms with Crippen LogP contribution in [0.1, 0.15) is 37.7 Å². The molecule has 1 aliphatic carbocycles. The van der Waals surface area contributed by atoms with Gasteiger partial charge in [0.15, 0.2) is 0 Å². The van der Waals surface area contributed by atoms with Crippen LogP contribution in [0.25, 0.3) is 0 Å². The van der Waals surface area contributed by atoms with Crippen molar-refractivity contribution in [3.05, 3.63) is 23.8 Å². The number of amidine groups is 1. The third kappa shape index (κ3) is 3.16. The number of hydrogen-bond acceptors (Lipinski definition) is 3. The quantitative estimate of drug-likeness (QED) is 0.378. The Morgan fingerprint density at radius 3 is 2.65 bits per heavy atom. The third-order valence-electron chi connectivity index (χ3n) is 3.26. The normalized spacial score (nSPS) is 16.8. The zero-order chi connectivity index (χ0) is 12.3. The smallest absolute Gasteiger partial charge is 0.124 e. The molecule has 1 fully saturated rings. The second-order valence-electron chi connectivity index (χ2n) is 4.62. The second-order valence-corrected chi connectivity index (χ2v) is 5.14. The number of hydrogen-bond donors (Lipinski definition) is 4. The van der Waals surface area contributed by atoms with Gasteiger partial charge in [-0.25, -0.2) is 0 Å². The molecule has 0 aliphatic heterocycles. The van der Waals surface area contributed by atoms with Gasteiger partial charge in [0.2, 0.25) is 0 Å². The molecule has 1 aromatic rings. The first kappa shape index (κ1) is 12.3. The average molecular weight is 249 g/mol. The summed E-state index contributed by atoms with van der Waals surface area (Å²) < 4.78 is 0. The lowest BCUT2D eigenvalue weighted by molar-refractivity contribution is 0.462. The molecule has 0 atom stereocenters. The van der Waals surface area contributed by atoms with Crippen molar-refractivity contribution < 1.29 is 0 Å². The molecule has 1 saturated carbocycles. The van der Waals surface area contributed by atoms with Gasteiger partial charge in [-0.3, -0.25) is 5.41 Å². The van der Waals surface area contributed by atoms with Crippen molar-refractivity contribution in [2.75, 3.05) is 5.32 Å². The van der Waals surface area contributed by atoms with E-state index >= 15 is 0 Å². The number of anilines is 1. The van der Waals surface area contributed by atoms with Gasteiger partial charge in [-0.1, -0.05) is 19.3 Å². The molecule has 0 heterocycles. The van der Waals surface area contributed by atoms with Crippen LogP contribution in [-0.4, -0.2) is 11.9 Å². The molecular formula is C13H19N3S. The molecule has 0 aromatic heterocycles. The molecule has 0 bridgehead atoms. The van der Waals surface area contributed by atoms with Gasteiger partial charge in [0.05, 0.1) is 0 Å². The van der Waals surface area contributed by atoms with Gasteiger partial charge in [0.25, 0.3) is 0 Å². The Morgan fingerprint density at radius 2 is 2.00 bits per heavy atom. The van der Waals surface area contributed by atoms with Crippen LogP contribution in [-0.2, 0) is 0 Å². The van der Waals surface area contributed by atoms with E-state index in [1.807, 2.05) is 18.2 Å². The van der Waals surface area contributed by atoms with E-state index in [1.54, 1.807) is 0 Å². The molecule has 92 valence electrons. The lowest BCUT2D eigenvalue weighted by Crippen LogP contribution is -2.24. The first-order valence-corrected chi connectivity index (χ1v) is 6.55. The van der Waals surface area contributed by atoms with Crippen LogP contribution in [0.5, 0.6) is 0 Å². The molecule has 0 amide bonds. The predicted molar refractivity (Wildman–Crippen MR) is 75.2 cm³/mol. The van der Waals surface area contributed by atoms with Crippen LogP contribution in [0, 0.1) is 5.41 Å². The SMILES string of the molecule is N=C(N)c1cc(S)ccc1NC1CCCCC1. The van der Waals surface area contributed by atoms with E-state index in [0.717, 1.165) is 16.1 Å². The number of nitrogens with two attached hydrogens (primary N) is 1. The number of benzene rings is 1. The summed E-state index contributed by atoms with van der Waals surface area (Å²) >= 11 is 4.28. The van der Waals surface area contributed by atoms with Crippen molar-refractivity contribution in [3.8, 4) is 0 Å². The van der Waals surface area contributed by atoms with Crippen molar-refractivity contribution >= 4 is 24.2 Å². The molecule has 4 heteroatoms. The summed E-state index contributed by atoms with van der Waals surface area (Å²) in [6.45, 7) is 0. The Bertz CT molecular complexity index is 411. The standard InChI is InChI=1S/C13H19N3S/c14-13(15)11-8-10(17)6-7-12(11)16-9-4-2-1-3-5-9/h6-9,16-17H,1-5H2,(H3,14,15). The van der Waals surface area contributed by atoms with E-state index in [-0.39, 0.29) is 5.84 Å². The summed E-state index contributed by atoms with van der Waals surface area (Å²) in [5, 5.41) is 11.1. The molecule has 1 aromatic carbocycles. The first-order chi connectivity index (χ1) is 8.16. The Kier molecular flexibility index (Phi) is 3.94. The Hall–Kier alpha value is -1.16. The lowest BCUT2D eigenvalue weighted by atomic mass is 9.95. The zero-order valence-electron chi connectivity index (χ0n) is 9.87. The van der Waals surface area contributed by atoms with E-state index < -0.39 is 0 Å². The summed E-state index contributed by atoms with van der Waals surface area (Å²) in [4.78, 5) is 0.837. The molecule has 0 radical (unpaired) electrons. The summed E-state index contributed by atoms with van der Waals surface area (Å²) in [6.07, 6.45) is 6.34. The minimum atomic E-state index is 0.0965. The predicted octanol–water partition coefficient (Wildman–Crippen LogP) is 3.00. The van der Waals surface area contributed by atoms with E-state index in [4.69, 9.17) is 11.1 Å².